The van der Waals surface area contributed by atoms with Crippen LogP contribution in [0.25, 0.3) is 0 Å². The van der Waals surface area contributed by atoms with Crippen LogP contribution in [0.4, 0.5) is 4.79 Å². The molecule has 3 fully saturated rings. The Balaban J connectivity index is 1.51. The van der Waals surface area contributed by atoms with E-state index in [1.165, 1.54) is 12.8 Å². The Morgan fingerprint density at radius 1 is 1.29 bits per heavy atom. The third-order valence-electron chi connectivity index (χ3n) is 5.14. The zero-order chi connectivity index (χ0) is 17.3. The summed E-state index contributed by atoms with van der Waals surface area (Å²) >= 11 is 0. The van der Waals surface area contributed by atoms with Crippen molar-refractivity contribution in [3.8, 4) is 0 Å². The quantitative estimate of drug-likeness (QED) is 0.831. The molecule has 3 aliphatic rings. The van der Waals surface area contributed by atoms with E-state index in [-0.39, 0.29) is 18.2 Å². The number of hydrogen-bond acceptors (Lipinski definition) is 5. The van der Waals surface area contributed by atoms with Crippen LogP contribution < -0.4 is 5.32 Å². The summed E-state index contributed by atoms with van der Waals surface area (Å²) in [5, 5.41) is 3.74. The first kappa shape index (κ1) is 18.0. The van der Waals surface area contributed by atoms with Gasteiger partial charge in [0.2, 0.25) is 0 Å². The highest BCUT2D eigenvalue weighted by atomic mass is 16.6. The molecule has 0 radical (unpaired) electrons. The monoisotopic (exact) mass is 340 g/mol. The highest BCUT2D eigenvalue weighted by Crippen LogP contribution is 2.38. The zero-order valence-electron chi connectivity index (χ0n) is 15.4. The van der Waals surface area contributed by atoms with Gasteiger partial charge in [0.25, 0.3) is 0 Å². The third kappa shape index (κ3) is 4.41. The van der Waals surface area contributed by atoms with E-state index < -0.39 is 5.60 Å². The van der Waals surface area contributed by atoms with Crippen LogP contribution in [0.1, 0.15) is 46.5 Å². The van der Waals surface area contributed by atoms with E-state index in [1.807, 2.05) is 20.8 Å². The van der Waals surface area contributed by atoms with Crippen LogP contribution >= 0.6 is 0 Å². The molecule has 4 unspecified atom stereocenters. The van der Waals surface area contributed by atoms with Crippen molar-refractivity contribution in [3.05, 3.63) is 0 Å². The normalized spacial score (nSPS) is 33.9. The van der Waals surface area contributed by atoms with Crippen LogP contribution in [0.2, 0.25) is 0 Å². The molecule has 4 atom stereocenters. The van der Waals surface area contributed by atoms with Gasteiger partial charge >= 0.3 is 6.09 Å². The van der Waals surface area contributed by atoms with Gasteiger partial charge < -0.3 is 19.5 Å². The van der Waals surface area contributed by atoms with Crippen LogP contribution in [0.15, 0.2) is 0 Å². The van der Waals surface area contributed by atoms with Gasteiger partial charge in [0.15, 0.2) is 0 Å². The minimum absolute atomic E-state index is 0.0482. The van der Waals surface area contributed by atoms with Gasteiger partial charge in [-0.1, -0.05) is 0 Å². The van der Waals surface area contributed by atoms with Crippen LogP contribution in [-0.4, -0.2) is 67.7 Å². The average molecular weight is 340 g/mol. The molecular weight excluding hydrogens is 308 g/mol. The fourth-order valence-corrected chi connectivity index (χ4v) is 3.70. The largest absolute Gasteiger partial charge is 0.444 e. The summed E-state index contributed by atoms with van der Waals surface area (Å²) in [7, 11) is 1.68. The lowest BCUT2D eigenvalue weighted by molar-refractivity contribution is -0.0515. The summed E-state index contributed by atoms with van der Waals surface area (Å²) in [6, 6.07) is 0.807. The fraction of sp³-hybridized carbons (Fsp3) is 0.944. The molecule has 1 saturated carbocycles. The van der Waals surface area contributed by atoms with Gasteiger partial charge in [0.05, 0.1) is 18.8 Å². The Bertz CT molecular complexity index is 447. The Labute approximate surface area is 145 Å². The molecule has 0 aromatic heterocycles. The van der Waals surface area contributed by atoms with Crippen LogP contribution in [0.3, 0.4) is 0 Å². The molecule has 0 bridgehead atoms. The highest BCUT2D eigenvalue weighted by Gasteiger charge is 2.45. The average Bonchev–Trinajstić information content (AvgIpc) is 3.32. The third-order valence-corrected chi connectivity index (χ3v) is 5.14. The number of rotatable bonds is 5. The number of carbonyl (C=O) groups excluding carboxylic acids is 1. The summed E-state index contributed by atoms with van der Waals surface area (Å²) < 4.78 is 16.7. The predicted molar refractivity (Wildman–Crippen MR) is 91.0 cm³/mol. The molecule has 24 heavy (non-hydrogen) atoms. The van der Waals surface area contributed by atoms with Crippen molar-refractivity contribution in [1.82, 2.24) is 10.2 Å². The maximum absolute atomic E-state index is 12.3. The van der Waals surface area contributed by atoms with Gasteiger partial charge in [-0.3, -0.25) is 4.90 Å². The summed E-state index contributed by atoms with van der Waals surface area (Å²) in [6.07, 6.45) is 4.96. The van der Waals surface area contributed by atoms with E-state index in [0.717, 1.165) is 25.4 Å². The van der Waals surface area contributed by atoms with E-state index in [2.05, 4.69) is 5.32 Å². The first-order valence-electron chi connectivity index (χ1n) is 9.23. The number of likely N-dealkylation sites (tertiary alicyclic amines) is 1. The van der Waals surface area contributed by atoms with Gasteiger partial charge in [0.1, 0.15) is 5.60 Å². The lowest BCUT2D eigenvalue weighted by atomic mass is 9.93. The van der Waals surface area contributed by atoms with Gasteiger partial charge in [0, 0.05) is 32.3 Å². The van der Waals surface area contributed by atoms with E-state index in [4.69, 9.17) is 14.2 Å². The minimum atomic E-state index is -0.467. The fourth-order valence-electron chi connectivity index (χ4n) is 3.70. The standard InChI is InChI=1S/C18H32N2O4/c1-18(2,3)24-17(21)20-10-14(15(20)11-22-4)19-13-7-8-23-16(9-13)12-5-6-12/h12-16,19H,5-11H2,1-4H3. The van der Waals surface area contributed by atoms with Crippen molar-refractivity contribution in [2.75, 3.05) is 26.9 Å². The Hall–Kier alpha value is -0.850. The van der Waals surface area contributed by atoms with Crippen molar-refractivity contribution in [1.29, 1.82) is 0 Å². The van der Waals surface area contributed by atoms with Crippen molar-refractivity contribution >= 4 is 6.09 Å². The molecule has 0 spiro atoms. The second-order valence-corrected chi connectivity index (χ2v) is 8.40. The molecule has 0 aromatic rings. The van der Waals surface area contributed by atoms with E-state index >= 15 is 0 Å². The van der Waals surface area contributed by atoms with Crippen LogP contribution in [0.5, 0.6) is 0 Å². The second-order valence-electron chi connectivity index (χ2n) is 8.40. The Morgan fingerprint density at radius 2 is 2.04 bits per heavy atom. The van der Waals surface area contributed by atoms with Crippen molar-refractivity contribution < 1.29 is 19.0 Å². The molecule has 3 rings (SSSR count). The van der Waals surface area contributed by atoms with Crippen molar-refractivity contribution in [3.63, 3.8) is 0 Å². The smallest absolute Gasteiger partial charge is 0.410 e. The summed E-state index contributed by atoms with van der Waals surface area (Å²) in [6.45, 7) is 7.75. The van der Waals surface area contributed by atoms with E-state index in [9.17, 15) is 4.79 Å². The topological polar surface area (TPSA) is 60.0 Å². The molecule has 6 nitrogen and oxygen atoms in total. The number of nitrogens with one attached hydrogen (secondary N) is 1. The van der Waals surface area contributed by atoms with Crippen molar-refractivity contribution in [2.24, 2.45) is 5.92 Å². The Kier molecular flexibility index (Phi) is 5.37. The minimum Gasteiger partial charge on any atom is -0.444 e. The molecule has 2 aliphatic heterocycles. The highest BCUT2D eigenvalue weighted by molar-refractivity contribution is 5.70. The van der Waals surface area contributed by atoms with Crippen molar-refractivity contribution in [2.45, 2.75) is 76.3 Å². The molecule has 2 heterocycles. The number of methoxy groups -OCH3 is 1. The number of nitrogens with zero attached hydrogens (tertiary/aromatic N) is 1. The molecule has 6 heteroatoms. The number of hydrogen-bond donors (Lipinski definition) is 1. The SMILES string of the molecule is COCC1C(NC2CCOC(C3CC3)C2)CN1C(=O)OC(C)(C)C. The van der Waals surface area contributed by atoms with E-state index in [0.29, 0.717) is 25.3 Å². The van der Waals surface area contributed by atoms with E-state index in [1.54, 1.807) is 12.0 Å². The second kappa shape index (κ2) is 7.18. The number of ether oxygens (including phenoxy) is 3. The summed E-state index contributed by atoms with van der Waals surface area (Å²) in [5.74, 6) is 0.782. The molecular formula is C18H32N2O4. The van der Waals surface area contributed by atoms with Gasteiger partial charge in [-0.2, -0.15) is 0 Å². The molecule has 2 saturated heterocycles. The lowest BCUT2D eigenvalue weighted by Gasteiger charge is -2.49. The molecule has 138 valence electrons. The first-order chi connectivity index (χ1) is 11.4. The van der Waals surface area contributed by atoms with Crippen LogP contribution in [-0.2, 0) is 14.2 Å². The van der Waals surface area contributed by atoms with Gasteiger partial charge in [-0.25, -0.2) is 4.79 Å². The predicted octanol–water partition coefficient (Wildman–Crippen LogP) is 2.17. The van der Waals surface area contributed by atoms with Crippen LogP contribution in [0, 0.1) is 5.92 Å². The maximum atomic E-state index is 12.3. The number of amides is 1. The van der Waals surface area contributed by atoms with Gasteiger partial charge in [-0.05, 0) is 52.4 Å². The zero-order valence-corrected chi connectivity index (χ0v) is 15.4. The molecule has 1 aliphatic carbocycles. The summed E-state index contributed by atoms with van der Waals surface area (Å²) in [5.41, 5.74) is -0.467. The lowest BCUT2D eigenvalue weighted by Crippen LogP contribution is -2.70. The molecule has 1 N–H and O–H groups in total. The molecule has 1 amide bonds. The number of carbonyl (C=O) groups is 1. The maximum Gasteiger partial charge on any atom is 0.410 e. The molecule has 0 aromatic carbocycles. The first-order valence-corrected chi connectivity index (χ1v) is 9.23. The van der Waals surface area contributed by atoms with Gasteiger partial charge in [-0.15, -0.1) is 0 Å². The summed E-state index contributed by atoms with van der Waals surface area (Å²) in [4.78, 5) is 14.1. The Morgan fingerprint density at radius 3 is 2.67 bits per heavy atom.